The molecule has 3 rings (SSSR count). The minimum absolute atomic E-state index is 0.220. The van der Waals surface area contributed by atoms with Crippen molar-refractivity contribution in [3.8, 4) is 17.0 Å². The zero-order valence-electron chi connectivity index (χ0n) is 14.0. The Morgan fingerprint density at radius 1 is 1.15 bits per heavy atom. The van der Waals surface area contributed by atoms with Gasteiger partial charge in [-0.1, -0.05) is 41.9 Å². The van der Waals surface area contributed by atoms with E-state index in [1.807, 2.05) is 30.3 Å². The van der Waals surface area contributed by atoms with Gasteiger partial charge in [-0.3, -0.25) is 9.59 Å². The highest BCUT2D eigenvalue weighted by Crippen LogP contribution is 2.26. The van der Waals surface area contributed by atoms with Gasteiger partial charge in [0.25, 0.3) is 5.56 Å². The minimum Gasteiger partial charge on any atom is -0.497 e. The summed E-state index contributed by atoms with van der Waals surface area (Å²) in [6, 6.07) is 17.4. The molecule has 132 valence electrons. The number of carbonyl (C=O) groups excluding carboxylic acids is 1. The lowest BCUT2D eigenvalue weighted by Crippen LogP contribution is -2.29. The Kier molecular flexibility index (Phi) is 5.34. The van der Waals surface area contributed by atoms with Crippen LogP contribution in [0, 0.1) is 0 Å². The predicted octanol–water partition coefficient (Wildman–Crippen LogP) is 3.21. The summed E-state index contributed by atoms with van der Waals surface area (Å²) in [5.74, 6) is 0.179. The second-order valence-corrected chi connectivity index (χ2v) is 5.88. The SMILES string of the molecule is COc1ccc(NC(=O)Cn2nc(-c3ccccc3)ccc2=O)c(Cl)c1. The molecule has 1 heterocycles. The molecule has 0 saturated carbocycles. The smallest absolute Gasteiger partial charge is 0.267 e. The van der Waals surface area contributed by atoms with Gasteiger partial charge in [0.2, 0.25) is 5.91 Å². The zero-order valence-corrected chi connectivity index (χ0v) is 14.7. The van der Waals surface area contributed by atoms with Crippen LogP contribution >= 0.6 is 11.6 Å². The second kappa shape index (κ2) is 7.84. The highest BCUT2D eigenvalue weighted by atomic mass is 35.5. The van der Waals surface area contributed by atoms with Crippen molar-refractivity contribution in [3.05, 3.63) is 76.0 Å². The Morgan fingerprint density at radius 2 is 1.92 bits per heavy atom. The topological polar surface area (TPSA) is 73.2 Å². The molecule has 1 amide bonds. The zero-order chi connectivity index (χ0) is 18.5. The summed E-state index contributed by atoms with van der Waals surface area (Å²) in [6.07, 6.45) is 0. The Labute approximate surface area is 155 Å². The molecule has 0 bridgehead atoms. The number of benzene rings is 2. The number of halogens is 1. The van der Waals surface area contributed by atoms with Gasteiger partial charge in [-0.15, -0.1) is 0 Å². The lowest BCUT2D eigenvalue weighted by molar-refractivity contribution is -0.117. The Balaban J connectivity index is 1.78. The van der Waals surface area contributed by atoms with Gasteiger partial charge >= 0.3 is 0 Å². The first-order valence-corrected chi connectivity index (χ1v) is 8.21. The molecule has 0 radical (unpaired) electrons. The van der Waals surface area contributed by atoms with E-state index in [4.69, 9.17) is 16.3 Å². The number of nitrogens with zero attached hydrogens (tertiary/aromatic N) is 2. The fraction of sp³-hybridized carbons (Fsp3) is 0.105. The highest BCUT2D eigenvalue weighted by molar-refractivity contribution is 6.33. The summed E-state index contributed by atoms with van der Waals surface area (Å²) in [4.78, 5) is 24.3. The van der Waals surface area contributed by atoms with Crippen LogP contribution in [0.25, 0.3) is 11.3 Å². The maximum atomic E-state index is 12.3. The van der Waals surface area contributed by atoms with E-state index in [1.165, 1.54) is 13.2 Å². The largest absolute Gasteiger partial charge is 0.497 e. The van der Waals surface area contributed by atoms with E-state index in [0.717, 1.165) is 10.2 Å². The van der Waals surface area contributed by atoms with Crippen LogP contribution in [0.2, 0.25) is 5.02 Å². The van der Waals surface area contributed by atoms with E-state index < -0.39 is 5.91 Å². The number of methoxy groups -OCH3 is 1. The van der Waals surface area contributed by atoms with Crippen molar-refractivity contribution in [2.45, 2.75) is 6.54 Å². The van der Waals surface area contributed by atoms with Gasteiger partial charge in [-0.2, -0.15) is 5.10 Å². The molecule has 0 saturated heterocycles. The molecule has 0 fully saturated rings. The first-order valence-electron chi connectivity index (χ1n) is 7.84. The molecule has 1 aromatic heterocycles. The summed E-state index contributed by atoms with van der Waals surface area (Å²) in [6.45, 7) is -0.220. The normalized spacial score (nSPS) is 10.4. The Morgan fingerprint density at radius 3 is 2.62 bits per heavy atom. The standard InChI is InChI=1S/C19H16ClN3O3/c1-26-14-7-8-17(15(20)11-14)21-18(24)12-23-19(25)10-9-16(22-23)13-5-3-2-4-6-13/h2-11H,12H2,1H3,(H,21,24). The molecule has 0 unspecified atom stereocenters. The summed E-state index contributed by atoms with van der Waals surface area (Å²) in [5, 5.41) is 7.28. The number of amides is 1. The average Bonchev–Trinajstić information content (AvgIpc) is 2.66. The molecule has 26 heavy (non-hydrogen) atoms. The van der Waals surface area contributed by atoms with Crippen LogP contribution in [-0.4, -0.2) is 22.8 Å². The number of hydrogen-bond donors (Lipinski definition) is 1. The minimum atomic E-state index is -0.406. The summed E-state index contributed by atoms with van der Waals surface area (Å²) >= 11 is 6.11. The fourth-order valence-electron chi connectivity index (χ4n) is 2.38. The molecule has 7 heteroatoms. The van der Waals surface area contributed by atoms with Crippen molar-refractivity contribution in [2.24, 2.45) is 0 Å². The van der Waals surface area contributed by atoms with Gasteiger partial charge in [0.05, 0.1) is 23.5 Å². The van der Waals surface area contributed by atoms with Gasteiger partial charge in [0, 0.05) is 17.7 Å². The Bertz CT molecular complexity index is 987. The number of rotatable bonds is 5. The third kappa shape index (κ3) is 4.10. The molecule has 0 aliphatic rings. The third-order valence-corrected chi connectivity index (χ3v) is 3.99. The van der Waals surface area contributed by atoms with Crippen molar-refractivity contribution < 1.29 is 9.53 Å². The van der Waals surface area contributed by atoms with Crippen LogP contribution in [0.1, 0.15) is 0 Å². The van der Waals surface area contributed by atoms with Gasteiger partial charge in [0.15, 0.2) is 0 Å². The molecule has 0 aliphatic carbocycles. The molecular weight excluding hydrogens is 354 g/mol. The van der Waals surface area contributed by atoms with Crippen LogP contribution in [0.15, 0.2) is 65.5 Å². The van der Waals surface area contributed by atoms with Gasteiger partial charge in [-0.05, 0) is 18.2 Å². The van der Waals surface area contributed by atoms with Gasteiger partial charge in [-0.25, -0.2) is 4.68 Å². The van der Waals surface area contributed by atoms with Crippen molar-refractivity contribution in [1.82, 2.24) is 9.78 Å². The van der Waals surface area contributed by atoms with Crippen molar-refractivity contribution in [1.29, 1.82) is 0 Å². The van der Waals surface area contributed by atoms with E-state index in [9.17, 15) is 9.59 Å². The first kappa shape index (κ1) is 17.7. The maximum absolute atomic E-state index is 12.3. The first-order chi connectivity index (χ1) is 12.6. The number of nitrogens with one attached hydrogen (secondary N) is 1. The monoisotopic (exact) mass is 369 g/mol. The Hall–Kier alpha value is -3.12. The maximum Gasteiger partial charge on any atom is 0.267 e. The van der Waals surface area contributed by atoms with Crippen LogP contribution < -0.4 is 15.6 Å². The van der Waals surface area contributed by atoms with E-state index in [-0.39, 0.29) is 12.1 Å². The molecule has 3 aromatic rings. The van der Waals surface area contributed by atoms with Gasteiger partial charge < -0.3 is 10.1 Å². The highest BCUT2D eigenvalue weighted by Gasteiger charge is 2.10. The van der Waals surface area contributed by atoms with E-state index in [0.29, 0.717) is 22.2 Å². The number of aromatic nitrogens is 2. The van der Waals surface area contributed by atoms with Crippen LogP contribution in [0.3, 0.4) is 0 Å². The molecule has 0 atom stereocenters. The van der Waals surface area contributed by atoms with Crippen LogP contribution in [-0.2, 0) is 11.3 Å². The molecule has 0 aliphatic heterocycles. The summed E-state index contributed by atoms with van der Waals surface area (Å²) in [5.41, 5.74) is 1.55. The second-order valence-electron chi connectivity index (χ2n) is 5.47. The summed E-state index contributed by atoms with van der Waals surface area (Å²) < 4.78 is 6.19. The lowest BCUT2D eigenvalue weighted by Gasteiger charge is -2.10. The third-order valence-electron chi connectivity index (χ3n) is 3.68. The van der Waals surface area contributed by atoms with E-state index >= 15 is 0 Å². The lowest BCUT2D eigenvalue weighted by atomic mass is 10.1. The quantitative estimate of drug-likeness (QED) is 0.749. The van der Waals surface area contributed by atoms with Crippen LogP contribution in [0.4, 0.5) is 5.69 Å². The fourth-order valence-corrected chi connectivity index (χ4v) is 2.59. The average molecular weight is 370 g/mol. The molecule has 2 aromatic carbocycles. The van der Waals surface area contributed by atoms with E-state index in [1.54, 1.807) is 24.3 Å². The van der Waals surface area contributed by atoms with Crippen molar-refractivity contribution >= 4 is 23.2 Å². The van der Waals surface area contributed by atoms with Crippen molar-refractivity contribution in [3.63, 3.8) is 0 Å². The number of carbonyl (C=O) groups is 1. The summed E-state index contributed by atoms with van der Waals surface area (Å²) in [7, 11) is 1.53. The number of ether oxygens (including phenoxy) is 1. The molecule has 6 nitrogen and oxygen atoms in total. The molecule has 0 spiro atoms. The molecular formula is C19H16ClN3O3. The van der Waals surface area contributed by atoms with Crippen molar-refractivity contribution in [2.75, 3.05) is 12.4 Å². The molecule has 1 N–H and O–H groups in total. The predicted molar refractivity (Wildman–Crippen MR) is 101 cm³/mol. The van der Waals surface area contributed by atoms with Crippen LogP contribution in [0.5, 0.6) is 5.75 Å². The van der Waals surface area contributed by atoms with E-state index in [2.05, 4.69) is 10.4 Å². The van der Waals surface area contributed by atoms with Gasteiger partial charge in [0.1, 0.15) is 12.3 Å². The number of hydrogen-bond acceptors (Lipinski definition) is 4. The number of anilines is 1.